The molecule has 0 bridgehead atoms. The Kier molecular flexibility index (Phi) is 5.87. The van der Waals surface area contributed by atoms with Gasteiger partial charge in [0.05, 0.1) is 17.7 Å². The van der Waals surface area contributed by atoms with Gasteiger partial charge in [-0.3, -0.25) is 4.79 Å². The van der Waals surface area contributed by atoms with Crippen molar-refractivity contribution in [2.24, 2.45) is 0 Å². The predicted octanol–water partition coefficient (Wildman–Crippen LogP) is 4.74. The van der Waals surface area contributed by atoms with E-state index in [2.05, 4.69) is 15.6 Å². The SMILES string of the molecule is CC(C)Oc1ccc(Nc2cc(C(=O)Nc3ccc(C#N)cc3)ccn2)cc1. The summed E-state index contributed by atoms with van der Waals surface area (Å²) < 4.78 is 5.63. The van der Waals surface area contributed by atoms with E-state index in [1.165, 1.54) is 0 Å². The van der Waals surface area contributed by atoms with E-state index in [1.807, 2.05) is 44.2 Å². The average Bonchev–Trinajstić information content (AvgIpc) is 2.70. The summed E-state index contributed by atoms with van der Waals surface area (Å²) in [5.74, 6) is 1.10. The van der Waals surface area contributed by atoms with E-state index in [0.29, 0.717) is 22.6 Å². The molecule has 0 aliphatic heterocycles. The highest BCUT2D eigenvalue weighted by molar-refractivity contribution is 6.04. The number of nitriles is 1. The highest BCUT2D eigenvalue weighted by Crippen LogP contribution is 2.20. The number of nitrogens with one attached hydrogen (secondary N) is 2. The Hall–Kier alpha value is -3.85. The summed E-state index contributed by atoms with van der Waals surface area (Å²) in [6.45, 7) is 3.95. The molecule has 0 saturated heterocycles. The zero-order valence-corrected chi connectivity index (χ0v) is 15.6. The van der Waals surface area contributed by atoms with E-state index < -0.39 is 0 Å². The van der Waals surface area contributed by atoms with Crippen LogP contribution in [0.4, 0.5) is 17.2 Å². The van der Waals surface area contributed by atoms with Gasteiger partial charge in [-0.05, 0) is 74.5 Å². The van der Waals surface area contributed by atoms with E-state index >= 15 is 0 Å². The normalized spacial score (nSPS) is 10.2. The molecule has 0 aliphatic carbocycles. The summed E-state index contributed by atoms with van der Waals surface area (Å²) in [7, 11) is 0. The minimum Gasteiger partial charge on any atom is -0.491 e. The van der Waals surface area contributed by atoms with Crippen LogP contribution in [0.1, 0.15) is 29.8 Å². The lowest BCUT2D eigenvalue weighted by molar-refractivity contribution is 0.102. The fraction of sp³-hybridized carbons (Fsp3) is 0.136. The van der Waals surface area contributed by atoms with Gasteiger partial charge in [0.15, 0.2) is 0 Å². The molecule has 0 fully saturated rings. The van der Waals surface area contributed by atoms with Crippen molar-refractivity contribution in [2.75, 3.05) is 10.6 Å². The molecule has 0 aliphatic rings. The average molecular weight is 372 g/mol. The molecule has 2 aromatic carbocycles. The Balaban J connectivity index is 1.67. The van der Waals surface area contributed by atoms with E-state index in [1.54, 1.807) is 42.6 Å². The van der Waals surface area contributed by atoms with Crippen LogP contribution in [-0.4, -0.2) is 17.0 Å². The Labute approximate surface area is 163 Å². The second-order valence-corrected chi connectivity index (χ2v) is 6.39. The Morgan fingerprint density at radius 2 is 1.71 bits per heavy atom. The number of hydrogen-bond acceptors (Lipinski definition) is 5. The third kappa shape index (κ3) is 5.08. The van der Waals surface area contributed by atoms with Gasteiger partial charge in [0.1, 0.15) is 11.6 Å². The number of benzene rings is 2. The molecule has 28 heavy (non-hydrogen) atoms. The first kappa shape index (κ1) is 18.9. The van der Waals surface area contributed by atoms with Gasteiger partial charge in [0, 0.05) is 23.1 Å². The van der Waals surface area contributed by atoms with Crippen molar-refractivity contribution < 1.29 is 9.53 Å². The van der Waals surface area contributed by atoms with Crippen molar-refractivity contribution in [1.82, 2.24) is 4.98 Å². The minimum atomic E-state index is -0.254. The lowest BCUT2D eigenvalue weighted by atomic mass is 10.2. The highest BCUT2D eigenvalue weighted by Gasteiger charge is 2.08. The minimum absolute atomic E-state index is 0.117. The number of carbonyl (C=O) groups excluding carboxylic acids is 1. The molecule has 0 saturated carbocycles. The molecule has 140 valence electrons. The number of anilines is 3. The lowest BCUT2D eigenvalue weighted by Gasteiger charge is -2.11. The molecule has 2 N–H and O–H groups in total. The molecule has 1 amide bonds. The first-order valence-corrected chi connectivity index (χ1v) is 8.85. The molecule has 0 radical (unpaired) electrons. The molecule has 0 atom stereocenters. The summed E-state index contributed by atoms with van der Waals surface area (Å²) in [6, 6.07) is 19.6. The van der Waals surface area contributed by atoms with E-state index in [4.69, 9.17) is 10.00 Å². The number of ether oxygens (including phenoxy) is 1. The van der Waals surface area contributed by atoms with Crippen molar-refractivity contribution >= 4 is 23.1 Å². The monoisotopic (exact) mass is 372 g/mol. The van der Waals surface area contributed by atoms with E-state index in [-0.39, 0.29) is 12.0 Å². The number of hydrogen-bond donors (Lipinski definition) is 2. The molecule has 6 nitrogen and oxygen atoms in total. The molecule has 0 spiro atoms. The fourth-order valence-corrected chi connectivity index (χ4v) is 2.51. The van der Waals surface area contributed by atoms with Crippen LogP contribution in [0.2, 0.25) is 0 Å². The molecule has 1 heterocycles. The van der Waals surface area contributed by atoms with Gasteiger partial charge in [-0.15, -0.1) is 0 Å². The van der Waals surface area contributed by atoms with Crippen molar-refractivity contribution in [3.05, 3.63) is 78.0 Å². The van der Waals surface area contributed by atoms with Gasteiger partial charge in [0.2, 0.25) is 0 Å². The van der Waals surface area contributed by atoms with Crippen molar-refractivity contribution in [3.63, 3.8) is 0 Å². The van der Waals surface area contributed by atoms with Crippen molar-refractivity contribution in [3.8, 4) is 11.8 Å². The van der Waals surface area contributed by atoms with Crippen LogP contribution in [0, 0.1) is 11.3 Å². The third-order valence-corrected chi connectivity index (χ3v) is 3.79. The zero-order valence-electron chi connectivity index (χ0n) is 15.6. The summed E-state index contributed by atoms with van der Waals surface area (Å²) in [5.41, 5.74) is 2.48. The van der Waals surface area contributed by atoms with Gasteiger partial charge in [0.25, 0.3) is 5.91 Å². The van der Waals surface area contributed by atoms with Gasteiger partial charge in [-0.2, -0.15) is 5.26 Å². The molecule has 1 aromatic heterocycles. The van der Waals surface area contributed by atoms with Crippen LogP contribution in [0.15, 0.2) is 66.9 Å². The maximum absolute atomic E-state index is 12.5. The molecule has 3 aromatic rings. The number of carbonyl (C=O) groups is 1. The summed E-state index contributed by atoms with van der Waals surface area (Å²) in [4.78, 5) is 16.7. The Morgan fingerprint density at radius 1 is 1.04 bits per heavy atom. The highest BCUT2D eigenvalue weighted by atomic mass is 16.5. The Morgan fingerprint density at radius 3 is 2.36 bits per heavy atom. The molecular weight excluding hydrogens is 352 g/mol. The molecule has 0 unspecified atom stereocenters. The lowest BCUT2D eigenvalue weighted by Crippen LogP contribution is -2.12. The van der Waals surface area contributed by atoms with E-state index in [9.17, 15) is 4.79 Å². The number of pyridine rings is 1. The number of rotatable bonds is 6. The maximum Gasteiger partial charge on any atom is 0.255 e. The van der Waals surface area contributed by atoms with Crippen molar-refractivity contribution in [2.45, 2.75) is 20.0 Å². The number of aromatic nitrogens is 1. The standard InChI is InChI=1S/C22H20N4O2/c1-15(2)28-20-9-7-18(8-10-20)25-21-13-17(11-12-24-21)22(27)26-19-5-3-16(14-23)4-6-19/h3-13,15H,1-2H3,(H,24,25)(H,26,27). The first-order chi connectivity index (χ1) is 13.5. The van der Waals surface area contributed by atoms with Crippen LogP contribution in [-0.2, 0) is 0 Å². The van der Waals surface area contributed by atoms with E-state index in [0.717, 1.165) is 11.4 Å². The quantitative estimate of drug-likeness (QED) is 0.653. The summed E-state index contributed by atoms with van der Waals surface area (Å²) >= 11 is 0. The second-order valence-electron chi connectivity index (χ2n) is 6.39. The summed E-state index contributed by atoms with van der Waals surface area (Å²) in [6.07, 6.45) is 1.69. The molecule has 3 rings (SSSR count). The van der Waals surface area contributed by atoms with Gasteiger partial charge >= 0.3 is 0 Å². The van der Waals surface area contributed by atoms with Gasteiger partial charge in [-0.25, -0.2) is 4.98 Å². The van der Waals surface area contributed by atoms with Crippen LogP contribution in [0.5, 0.6) is 5.75 Å². The fourth-order valence-electron chi connectivity index (χ4n) is 2.51. The van der Waals surface area contributed by atoms with Crippen LogP contribution < -0.4 is 15.4 Å². The largest absolute Gasteiger partial charge is 0.491 e. The number of nitrogens with zero attached hydrogens (tertiary/aromatic N) is 2. The second kappa shape index (κ2) is 8.69. The van der Waals surface area contributed by atoms with Crippen LogP contribution >= 0.6 is 0 Å². The smallest absolute Gasteiger partial charge is 0.255 e. The Bertz CT molecular complexity index is 990. The third-order valence-electron chi connectivity index (χ3n) is 3.79. The predicted molar refractivity (Wildman–Crippen MR) is 109 cm³/mol. The van der Waals surface area contributed by atoms with Gasteiger partial charge < -0.3 is 15.4 Å². The van der Waals surface area contributed by atoms with Crippen LogP contribution in [0.3, 0.4) is 0 Å². The van der Waals surface area contributed by atoms with Crippen molar-refractivity contribution in [1.29, 1.82) is 5.26 Å². The first-order valence-electron chi connectivity index (χ1n) is 8.85. The molecular formula is C22H20N4O2. The zero-order chi connectivity index (χ0) is 19.9. The van der Waals surface area contributed by atoms with Gasteiger partial charge in [-0.1, -0.05) is 0 Å². The van der Waals surface area contributed by atoms with Crippen LogP contribution in [0.25, 0.3) is 0 Å². The topological polar surface area (TPSA) is 87.0 Å². The molecule has 6 heteroatoms. The maximum atomic E-state index is 12.5. The summed E-state index contributed by atoms with van der Waals surface area (Å²) in [5, 5.41) is 14.8. The number of amides is 1.